The molecule has 27 heavy (non-hydrogen) atoms. The van der Waals surface area contributed by atoms with Crippen molar-refractivity contribution in [3.8, 4) is 5.75 Å². The highest BCUT2D eigenvalue weighted by molar-refractivity contribution is 6.02. The Morgan fingerprint density at radius 2 is 1.85 bits per heavy atom. The molecule has 1 heterocycles. The van der Waals surface area contributed by atoms with Crippen molar-refractivity contribution in [1.29, 1.82) is 0 Å². The van der Waals surface area contributed by atoms with Crippen molar-refractivity contribution in [3.05, 3.63) is 59.9 Å². The molecule has 0 aromatic heterocycles. The molecule has 1 N–H and O–H groups in total. The lowest BCUT2D eigenvalue weighted by Gasteiger charge is -2.34. The van der Waals surface area contributed by atoms with Crippen molar-refractivity contribution in [2.45, 2.75) is 26.8 Å². The van der Waals surface area contributed by atoms with Crippen LogP contribution in [0.4, 0.5) is 10.1 Å². The van der Waals surface area contributed by atoms with E-state index in [-0.39, 0.29) is 42.2 Å². The van der Waals surface area contributed by atoms with Gasteiger partial charge in [0.25, 0.3) is 5.91 Å². The first-order chi connectivity index (χ1) is 12.8. The molecule has 2 aromatic rings. The first-order valence-electron chi connectivity index (χ1n) is 8.83. The Kier molecular flexibility index (Phi) is 5.17. The predicted octanol–water partition coefficient (Wildman–Crippen LogP) is 3.45. The normalized spacial score (nSPS) is 15.0. The van der Waals surface area contributed by atoms with Crippen LogP contribution in [0.25, 0.3) is 0 Å². The SMILES string of the molecule is CC(C)(C)[C@@H](NC(=O)CN1C(=O)COc2ccccc21)c1ccc(F)cc1. The average Bonchev–Trinajstić information content (AvgIpc) is 2.62. The second-order valence-electron chi connectivity index (χ2n) is 7.65. The summed E-state index contributed by atoms with van der Waals surface area (Å²) in [5, 5.41) is 3.00. The molecule has 5 nitrogen and oxygen atoms in total. The smallest absolute Gasteiger partial charge is 0.265 e. The van der Waals surface area contributed by atoms with Crippen molar-refractivity contribution in [1.82, 2.24) is 5.32 Å². The van der Waals surface area contributed by atoms with Gasteiger partial charge < -0.3 is 10.1 Å². The third kappa shape index (κ3) is 4.27. The number of fused-ring (bicyclic) bond motifs is 1. The molecule has 1 aliphatic rings. The summed E-state index contributed by atoms with van der Waals surface area (Å²) in [5.41, 5.74) is 1.10. The summed E-state index contributed by atoms with van der Waals surface area (Å²) < 4.78 is 18.7. The van der Waals surface area contributed by atoms with E-state index in [1.807, 2.05) is 26.8 Å². The Morgan fingerprint density at radius 3 is 2.52 bits per heavy atom. The Bertz CT molecular complexity index is 843. The minimum atomic E-state index is -0.326. The maximum atomic E-state index is 13.3. The Labute approximate surface area is 158 Å². The number of amides is 2. The lowest BCUT2D eigenvalue weighted by atomic mass is 9.82. The van der Waals surface area contributed by atoms with Gasteiger partial charge in [-0.3, -0.25) is 14.5 Å². The first kappa shape index (κ1) is 18.9. The zero-order valence-electron chi connectivity index (χ0n) is 15.7. The molecule has 6 heteroatoms. The van der Waals surface area contributed by atoms with E-state index in [0.29, 0.717) is 11.4 Å². The van der Waals surface area contributed by atoms with Crippen LogP contribution in [-0.2, 0) is 9.59 Å². The van der Waals surface area contributed by atoms with E-state index in [0.717, 1.165) is 5.56 Å². The van der Waals surface area contributed by atoms with Crippen LogP contribution in [-0.4, -0.2) is 25.0 Å². The maximum Gasteiger partial charge on any atom is 0.265 e. The zero-order valence-corrected chi connectivity index (χ0v) is 15.7. The Morgan fingerprint density at radius 1 is 1.19 bits per heavy atom. The van der Waals surface area contributed by atoms with Gasteiger partial charge in [-0.25, -0.2) is 4.39 Å². The van der Waals surface area contributed by atoms with Crippen LogP contribution >= 0.6 is 0 Å². The largest absolute Gasteiger partial charge is 0.482 e. The minimum Gasteiger partial charge on any atom is -0.482 e. The van der Waals surface area contributed by atoms with Crippen molar-refractivity contribution in [2.75, 3.05) is 18.1 Å². The number of para-hydroxylation sites is 2. The Balaban J connectivity index is 1.79. The van der Waals surface area contributed by atoms with Gasteiger partial charge in [-0.1, -0.05) is 45.0 Å². The third-order valence-electron chi connectivity index (χ3n) is 4.48. The Hall–Kier alpha value is -2.89. The van der Waals surface area contributed by atoms with E-state index >= 15 is 0 Å². The summed E-state index contributed by atoms with van der Waals surface area (Å²) in [6, 6.07) is 12.9. The molecule has 0 saturated carbocycles. The number of nitrogens with one attached hydrogen (secondary N) is 1. The maximum absolute atomic E-state index is 13.3. The monoisotopic (exact) mass is 370 g/mol. The molecule has 142 valence electrons. The van der Waals surface area contributed by atoms with Gasteiger partial charge in [-0.2, -0.15) is 0 Å². The van der Waals surface area contributed by atoms with Gasteiger partial charge in [0.1, 0.15) is 18.1 Å². The average molecular weight is 370 g/mol. The van der Waals surface area contributed by atoms with Crippen LogP contribution in [0, 0.1) is 11.2 Å². The zero-order chi connectivity index (χ0) is 19.6. The summed E-state index contributed by atoms with van der Waals surface area (Å²) in [6.07, 6.45) is 0. The quantitative estimate of drug-likeness (QED) is 0.897. The molecular formula is C21H23FN2O3. The number of hydrogen-bond donors (Lipinski definition) is 1. The second-order valence-corrected chi connectivity index (χ2v) is 7.65. The van der Waals surface area contributed by atoms with Crippen LogP contribution in [0.15, 0.2) is 48.5 Å². The van der Waals surface area contributed by atoms with E-state index in [4.69, 9.17) is 4.74 Å². The molecule has 1 atom stereocenters. The topological polar surface area (TPSA) is 58.6 Å². The molecule has 0 saturated heterocycles. The van der Waals surface area contributed by atoms with Crippen molar-refractivity contribution in [2.24, 2.45) is 5.41 Å². The fraction of sp³-hybridized carbons (Fsp3) is 0.333. The van der Waals surface area contributed by atoms with Crippen LogP contribution < -0.4 is 15.0 Å². The number of halogens is 1. The van der Waals surface area contributed by atoms with E-state index in [1.165, 1.54) is 17.0 Å². The van der Waals surface area contributed by atoms with Crippen LogP contribution in [0.5, 0.6) is 5.75 Å². The lowest BCUT2D eigenvalue weighted by molar-refractivity contribution is -0.126. The standard InChI is InChI=1S/C21H23FN2O3/c1-21(2,3)20(14-8-10-15(22)11-9-14)23-18(25)12-24-16-6-4-5-7-17(16)27-13-19(24)26/h4-11,20H,12-13H2,1-3H3,(H,23,25)/t20-/m0/s1. The molecular weight excluding hydrogens is 347 g/mol. The van der Waals surface area contributed by atoms with Gasteiger partial charge in [-0.15, -0.1) is 0 Å². The number of hydrogen-bond acceptors (Lipinski definition) is 3. The number of ether oxygens (including phenoxy) is 1. The van der Waals surface area contributed by atoms with Gasteiger partial charge in [0.05, 0.1) is 11.7 Å². The molecule has 0 radical (unpaired) electrons. The number of carbonyl (C=O) groups excluding carboxylic acids is 2. The first-order valence-corrected chi connectivity index (χ1v) is 8.83. The number of benzene rings is 2. The van der Waals surface area contributed by atoms with Gasteiger partial charge in [0.15, 0.2) is 6.61 Å². The molecule has 0 spiro atoms. The van der Waals surface area contributed by atoms with Gasteiger partial charge >= 0.3 is 0 Å². The van der Waals surface area contributed by atoms with E-state index in [2.05, 4.69) is 5.32 Å². The summed E-state index contributed by atoms with van der Waals surface area (Å²) >= 11 is 0. The number of anilines is 1. The van der Waals surface area contributed by atoms with Crippen LogP contribution in [0.3, 0.4) is 0 Å². The van der Waals surface area contributed by atoms with Crippen molar-refractivity contribution in [3.63, 3.8) is 0 Å². The van der Waals surface area contributed by atoms with Crippen molar-refractivity contribution >= 4 is 17.5 Å². The highest BCUT2D eigenvalue weighted by Crippen LogP contribution is 2.34. The number of rotatable bonds is 4. The molecule has 2 amide bonds. The van der Waals surface area contributed by atoms with Gasteiger partial charge in [0.2, 0.25) is 5.91 Å². The lowest BCUT2D eigenvalue weighted by Crippen LogP contribution is -2.47. The van der Waals surface area contributed by atoms with Gasteiger partial charge in [0, 0.05) is 0 Å². The fourth-order valence-electron chi connectivity index (χ4n) is 3.13. The summed E-state index contributed by atoms with van der Waals surface area (Å²) in [4.78, 5) is 26.4. The predicted molar refractivity (Wildman–Crippen MR) is 101 cm³/mol. The minimum absolute atomic E-state index is 0.0923. The molecule has 0 bridgehead atoms. The number of carbonyl (C=O) groups is 2. The second kappa shape index (κ2) is 7.39. The molecule has 3 rings (SSSR count). The number of nitrogens with zero attached hydrogens (tertiary/aromatic N) is 1. The van der Waals surface area contributed by atoms with E-state index < -0.39 is 0 Å². The molecule has 1 aliphatic heterocycles. The van der Waals surface area contributed by atoms with Gasteiger partial charge in [-0.05, 0) is 35.2 Å². The highest BCUT2D eigenvalue weighted by atomic mass is 19.1. The molecule has 0 fully saturated rings. The molecule has 0 unspecified atom stereocenters. The van der Waals surface area contributed by atoms with Crippen LogP contribution in [0.1, 0.15) is 32.4 Å². The third-order valence-corrected chi connectivity index (χ3v) is 4.48. The summed E-state index contributed by atoms with van der Waals surface area (Å²) in [5.74, 6) is -0.300. The van der Waals surface area contributed by atoms with E-state index in [1.54, 1.807) is 30.3 Å². The van der Waals surface area contributed by atoms with Crippen LogP contribution in [0.2, 0.25) is 0 Å². The highest BCUT2D eigenvalue weighted by Gasteiger charge is 2.31. The van der Waals surface area contributed by atoms with E-state index in [9.17, 15) is 14.0 Å². The molecule has 0 aliphatic carbocycles. The van der Waals surface area contributed by atoms with Crippen molar-refractivity contribution < 1.29 is 18.7 Å². The fourth-order valence-corrected chi connectivity index (χ4v) is 3.13. The summed E-state index contributed by atoms with van der Waals surface area (Å²) in [6.45, 7) is 5.79. The summed E-state index contributed by atoms with van der Waals surface area (Å²) in [7, 11) is 0. The molecule has 2 aromatic carbocycles.